The number of benzene rings is 2. The highest BCUT2D eigenvalue weighted by molar-refractivity contribution is 5.94. The zero-order valence-corrected chi connectivity index (χ0v) is 16.7. The van der Waals surface area contributed by atoms with Gasteiger partial charge in [0.2, 0.25) is 17.7 Å². The number of piperidine rings is 1. The summed E-state index contributed by atoms with van der Waals surface area (Å²) in [4.78, 5) is 14.9. The number of nitrogens with zero attached hydrogens (tertiary/aromatic N) is 3. The molecule has 150 valence electrons. The summed E-state index contributed by atoms with van der Waals surface area (Å²) in [6, 6.07) is 15.9. The van der Waals surface area contributed by atoms with Crippen LogP contribution in [0.15, 0.2) is 52.9 Å². The summed E-state index contributed by atoms with van der Waals surface area (Å²) in [7, 11) is 0. The predicted octanol–water partition coefficient (Wildman–Crippen LogP) is 4.61. The fourth-order valence-electron chi connectivity index (χ4n) is 3.59. The van der Waals surface area contributed by atoms with Crippen molar-refractivity contribution >= 4 is 17.3 Å². The van der Waals surface area contributed by atoms with Gasteiger partial charge in [0.05, 0.1) is 11.4 Å². The highest BCUT2D eigenvalue weighted by Crippen LogP contribution is 2.28. The van der Waals surface area contributed by atoms with Crippen molar-refractivity contribution in [3.8, 4) is 11.5 Å². The van der Waals surface area contributed by atoms with Crippen molar-refractivity contribution < 1.29 is 9.21 Å². The van der Waals surface area contributed by atoms with Gasteiger partial charge < -0.3 is 14.6 Å². The van der Waals surface area contributed by atoms with Gasteiger partial charge in [-0.25, -0.2) is 0 Å². The van der Waals surface area contributed by atoms with E-state index in [-0.39, 0.29) is 5.91 Å². The molecule has 0 unspecified atom stereocenters. The Morgan fingerprint density at radius 2 is 1.79 bits per heavy atom. The predicted molar refractivity (Wildman–Crippen MR) is 114 cm³/mol. The second-order valence-corrected chi connectivity index (χ2v) is 7.48. The lowest BCUT2D eigenvalue weighted by atomic mass is 10.1. The summed E-state index contributed by atoms with van der Waals surface area (Å²) in [5.41, 5.74) is 4.02. The van der Waals surface area contributed by atoms with Crippen LogP contribution in [0.2, 0.25) is 0 Å². The largest absolute Gasteiger partial charge is 0.421 e. The number of aryl methyl sites for hydroxylation is 2. The Morgan fingerprint density at radius 3 is 2.59 bits per heavy atom. The van der Waals surface area contributed by atoms with Crippen LogP contribution in [-0.4, -0.2) is 29.2 Å². The molecular weight excluding hydrogens is 364 g/mol. The molecule has 1 amide bonds. The summed E-state index contributed by atoms with van der Waals surface area (Å²) >= 11 is 0. The molecule has 3 aromatic rings. The fourth-order valence-corrected chi connectivity index (χ4v) is 3.59. The molecule has 0 spiro atoms. The van der Waals surface area contributed by atoms with Crippen LogP contribution >= 0.6 is 0 Å². The van der Waals surface area contributed by atoms with E-state index in [1.54, 1.807) is 0 Å². The summed E-state index contributed by atoms with van der Waals surface area (Å²) in [5.74, 6) is 0.903. The molecule has 0 atom stereocenters. The lowest BCUT2D eigenvalue weighted by molar-refractivity contribution is -0.116. The molecule has 0 bridgehead atoms. The Bertz CT molecular complexity index is 959. The number of aromatic nitrogens is 2. The van der Waals surface area contributed by atoms with E-state index in [1.165, 1.54) is 24.8 Å². The van der Waals surface area contributed by atoms with Crippen LogP contribution in [0.5, 0.6) is 0 Å². The van der Waals surface area contributed by atoms with Crippen molar-refractivity contribution in [1.82, 2.24) is 10.2 Å². The topological polar surface area (TPSA) is 71.3 Å². The lowest BCUT2D eigenvalue weighted by Crippen LogP contribution is -2.30. The van der Waals surface area contributed by atoms with Crippen LogP contribution in [0.1, 0.15) is 37.1 Å². The molecule has 0 saturated carbocycles. The Morgan fingerprint density at radius 1 is 1.03 bits per heavy atom. The zero-order chi connectivity index (χ0) is 20.1. The highest BCUT2D eigenvalue weighted by atomic mass is 16.4. The average molecular weight is 390 g/mol. The van der Waals surface area contributed by atoms with E-state index in [0.29, 0.717) is 24.6 Å². The first kappa shape index (κ1) is 19.2. The fraction of sp³-hybridized carbons (Fsp3) is 0.348. The third-order valence-corrected chi connectivity index (χ3v) is 5.21. The van der Waals surface area contributed by atoms with Gasteiger partial charge in [-0.1, -0.05) is 29.8 Å². The van der Waals surface area contributed by atoms with Gasteiger partial charge in [-0.15, -0.1) is 10.2 Å². The van der Waals surface area contributed by atoms with Gasteiger partial charge in [0, 0.05) is 31.5 Å². The van der Waals surface area contributed by atoms with Crippen molar-refractivity contribution in [1.29, 1.82) is 0 Å². The molecule has 6 heteroatoms. The first-order valence-electron chi connectivity index (χ1n) is 10.2. The molecule has 1 fully saturated rings. The van der Waals surface area contributed by atoms with Crippen LogP contribution in [0.4, 0.5) is 11.4 Å². The smallest absolute Gasteiger partial charge is 0.247 e. The van der Waals surface area contributed by atoms with Crippen LogP contribution in [0.3, 0.4) is 0 Å². The normalized spacial score (nSPS) is 14.0. The van der Waals surface area contributed by atoms with E-state index in [9.17, 15) is 4.79 Å². The monoisotopic (exact) mass is 390 g/mol. The molecule has 2 heterocycles. The maximum atomic E-state index is 12.5. The number of anilines is 2. The molecule has 1 aromatic heterocycles. The molecule has 6 nitrogen and oxygen atoms in total. The summed E-state index contributed by atoms with van der Waals surface area (Å²) in [5, 5.41) is 11.2. The molecule has 29 heavy (non-hydrogen) atoms. The van der Waals surface area contributed by atoms with Crippen molar-refractivity contribution in [3.05, 3.63) is 60.0 Å². The van der Waals surface area contributed by atoms with E-state index < -0.39 is 0 Å². The van der Waals surface area contributed by atoms with Crippen LogP contribution in [0.25, 0.3) is 11.5 Å². The Balaban J connectivity index is 1.36. The van der Waals surface area contributed by atoms with Gasteiger partial charge in [0.15, 0.2) is 0 Å². The van der Waals surface area contributed by atoms with E-state index in [4.69, 9.17) is 4.42 Å². The van der Waals surface area contributed by atoms with Crippen molar-refractivity contribution in [2.75, 3.05) is 23.3 Å². The van der Waals surface area contributed by atoms with E-state index >= 15 is 0 Å². The van der Waals surface area contributed by atoms with Crippen LogP contribution < -0.4 is 10.2 Å². The summed E-state index contributed by atoms with van der Waals surface area (Å²) in [6.07, 6.45) is 4.38. The van der Waals surface area contributed by atoms with Gasteiger partial charge in [0.25, 0.3) is 0 Å². The average Bonchev–Trinajstić information content (AvgIpc) is 3.23. The number of carbonyl (C=O) groups excluding carboxylic acids is 1. The number of amides is 1. The van der Waals surface area contributed by atoms with E-state index in [1.807, 2.05) is 49.4 Å². The molecule has 0 radical (unpaired) electrons. The first-order valence-corrected chi connectivity index (χ1v) is 10.2. The molecule has 1 saturated heterocycles. The maximum absolute atomic E-state index is 12.5. The van der Waals surface area contributed by atoms with Gasteiger partial charge >= 0.3 is 0 Å². The maximum Gasteiger partial charge on any atom is 0.247 e. The second-order valence-electron chi connectivity index (χ2n) is 7.48. The molecule has 2 aromatic carbocycles. The Hall–Kier alpha value is -3.15. The van der Waals surface area contributed by atoms with Crippen LogP contribution in [-0.2, 0) is 11.2 Å². The standard InChI is InChI=1S/C23H26N4O2/c1-17-9-11-18(12-10-17)23-26-25-22(29-23)14-13-21(28)24-19-7-3-4-8-20(19)27-15-5-2-6-16-27/h3-4,7-12H,2,5-6,13-16H2,1H3,(H,24,28). The Labute approximate surface area is 170 Å². The number of hydrogen-bond acceptors (Lipinski definition) is 5. The first-order chi connectivity index (χ1) is 14.2. The van der Waals surface area contributed by atoms with Gasteiger partial charge in [-0.2, -0.15) is 0 Å². The van der Waals surface area contributed by atoms with Crippen molar-refractivity contribution in [2.45, 2.75) is 39.0 Å². The molecule has 0 aliphatic carbocycles. The lowest BCUT2D eigenvalue weighted by Gasteiger charge is -2.30. The number of para-hydroxylation sites is 2. The van der Waals surface area contributed by atoms with Crippen molar-refractivity contribution in [3.63, 3.8) is 0 Å². The molecule has 1 aliphatic rings. The number of rotatable bonds is 6. The Kier molecular flexibility index (Phi) is 5.89. The number of hydrogen-bond donors (Lipinski definition) is 1. The minimum absolute atomic E-state index is 0.0513. The zero-order valence-electron chi connectivity index (χ0n) is 16.7. The third-order valence-electron chi connectivity index (χ3n) is 5.21. The summed E-state index contributed by atoms with van der Waals surface area (Å²) < 4.78 is 5.72. The third kappa shape index (κ3) is 4.83. The van der Waals surface area contributed by atoms with Crippen molar-refractivity contribution in [2.24, 2.45) is 0 Å². The molecular formula is C23H26N4O2. The minimum atomic E-state index is -0.0513. The number of nitrogens with one attached hydrogen (secondary N) is 1. The van der Waals surface area contributed by atoms with Gasteiger partial charge in [0.1, 0.15) is 0 Å². The highest BCUT2D eigenvalue weighted by Gasteiger charge is 2.16. The van der Waals surface area contributed by atoms with E-state index in [2.05, 4.69) is 26.5 Å². The van der Waals surface area contributed by atoms with Crippen LogP contribution in [0, 0.1) is 6.92 Å². The number of carbonyl (C=O) groups is 1. The van der Waals surface area contributed by atoms with Gasteiger partial charge in [-0.3, -0.25) is 4.79 Å². The molecule has 1 N–H and O–H groups in total. The second kappa shape index (κ2) is 8.90. The minimum Gasteiger partial charge on any atom is -0.421 e. The quantitative estimate of drug-likeness (QED) is 0.666. The van der Waals surface area contributed by atoms with Gasteiger partial charge in [-0.05, 0) is 50.5 Å². The molecule has 4 rings (SSSR count). The molecule has 1 aliphatic heterocycles. The summed E-state index contributed by atoms with van der Waals surface area (Å²) in [6.45, 7) is 4.11. The van der Waals surface area contributed by atoms with E-state index in [0.717, 1.165) is 30.0 Å². The SMILES string of the molecule is Cc1ccc(-c2nnc(CCC(=O)Nc3ccccc3N3CCCCC3)o2)cc1.